The van der Waals surface area contributed by atoms with Crippen LogP contribution < -0.4 is 0 Å². The number of aromatic nitrogens is 4. The summed E-state index contributed by atoms with van der Waals surface area (Å²) in [5, 5.41) is 10.9. The molecular formula is C35H20F3N5. The number of benzene rings is 5. The van der Waals surface area contributed by atoms with Crippen LogP contribution in [0, 0.1) is 11.3 Å². The van der Waals surface area contributed by atoms with Gasteiger partial charge in [-0.3, -0.25) is 0 Å². The number of fused-ring (bicyclic) bond motifs is 3. The second kappa shape index (κ2) is 10.2. The number of hydrogen-bond donors (Lipinski definition) is 0. The van der Waals surface area contributed by atoms with Crippen LogP contribution in [0.25, 0.3) is 61.7 Å². The van der Waals surface area contributed by atoms with E-state index in [-0.39, 0.29) is 0 Å². The average molecular weight is 568 g/mol. The Balaban J connectivity index is 1.54. The summed E-state index contributed by atoms with van der Waals surface area (Å²) < 4.78 is 43.0. The molecule has 0 aliphatic heterocycles. The maximum absolute atomic E-state index is 13.7. The molecular weight excluding hydrogens is 547 g/mol. The highest BCUT2D eigenvalue weighted by molar-refractivity contribution is 6.10. The Morgan fingerprint density at radius 2 is 1.16 bits per heavy atom. The van der Waals surface area contributed by atoms with Gasteiger partial charge in [-0.2, -0.15) is 18.4 Å². The van der Waals surface area contributed by atoms with Gasteiger partial charge in [-0.15, -0.1) is 0 Å². The normalized spacial score (nSPS) is 11.6. The van der Waals surface area contributed by atoms with Crippen LogP contribution in [0.1, 0.15) is 11.1 Å². The lowest BCUT2D eigenvalue weighted by Crippen LogP contribution is -2.05. The zero-order valence-electron chi connectivity index (χ0n) is 22.4. The molecule has 0 amide bonds. The molecule has 5 aromatic carbocycles. The van der Waals surface area contributed by atoms with E-state index >= 15 is 0 Å². The van der Waals surface area contributed by atoms with Crippen molar-refractivity contribution in [2.24, 2.45) is 0 Å². The van der Waals surface area contributed by atoms with Gasteiger partial charge in [0.2, 0.25) is 0 Å². The second-order valence-corrected chi connectivity index (χ2v) is 9.96. The van der Waals surface area contributed by atoms with Crippen molar-refractivity contribution in [3.8, 4) is 45.9 Å². The monoisotopic (exact) mass is 567 g/mol. The van der Waals surface area contributed by atoms with Gasteiger partial charge >= 0.3 is 6.18 Å². The first-order valence-corrected chi connectivity index (χ1v) is 13.4. The quantitative estimate of drug-likeness (QED) is 0.213. The fraction of sp³-hybridized carbons (Fsp3) is 0.0286. The molecule has 7 aromatic rings. The Morgan fingerprint density at radius 1 is 0.581 bits per heavy atom. The van der Waals surface area contributed by atoms with Gasteiger partial charge in [0.15, 0.2) is 17.5 Å². The first-order valence-electron chi connectivity index (χ1n) is 13.4. The van der Waals surface area contributed by atoms with Crippen LogP contribution in [0.15, 0.2) is 121 Å². The number of rotatable bonds is 4. The summed E-state index contributed by atoms with van der Waals surface area (Å²) >= 11 is 0. The molecule has 0 atom stereocenters. The summed E-state index contributed by atoms with van der Waals surface area (Å²) in [6, 6.07) is 37.5. The van der Waals surface area contributed by atoms with Gasteiger partial charge in [-0.25, -0.2) is 15.0 Å². The van der Waals surface area contributed by atoms with Crippen molar-refractivity contribution in [3.05, 3.63) is 132 Å². The highest BCUT2D eigenvalue weighted by Gasteiger charge is 2.31. The van der Waals surface area contributed by atoms with Crippen molar-refractivity contribution in [2.75, 3.05) is 0 Å². The summed E-state index contributed by atoms with van der Waals surface area (Å²) in [5.41, 5.74) is 3.67. The Bertz CT molecular complexity index is 2120. The van der Waals surface area contributed by atoms with Gasteiger partial charge in [-0.1, -0.05) is 78.9 Å². The highest BCUT2D eigenvalue weighted by atomic mass is 19.4. The number of alkyl halides is 3. The van der Waals surface area contributed by atoms with Crippen LogP contribution >= 0.6 is 0 Å². The topological polar surface area (TPSA) is 67.4 Å². The van der Waals surface area contributed by atoms with Crippen LogP contribution in [0.3, 0.4) is 0 Å². The van der Waals surface area contributed by atoms with Crippen LogP contribution in [0.2, 0.25) is 0 Å². The fourth-order valence-corrected chi connectivity index (χ4v) is 5.31. The number of nitriles is 1. The summed E-state index contributed by atoms with van der Waals surface area (Å²) in [6.07, 6.45) is -4.49. The zero-order valence-corrected chi connectivity index (χ0v) is 22.4. The van der Waals surface area contributed by atoms with Gasteiger partial charge in [0.25, 0.3) is 0 Å². The maximum Gasteiger partial charge on any atom is 0.416 e. The molecule has 2 aromatic heterocycles. The molecule has 0 unspecified atom stereocenters. The molecule has 0 radical (unpaired) electrons. The zero-order chi connectivity index (χ0) is 29.6. The summed E-state index contributed by atoms with van der Waals surface area (Å²) in [4.78, 5) is 14.5. The molecule has 7 rings (SSSR count). The minimum absolute atomic E-state index is 0.366. The number of para-hydroxylation sites is 1. The third kappa shape index (κ3) is 4.67. The molecule has 0 saturated heterocycles. The van der Waals surface area contributed by atoms with E-state index in [0.29, 0.717) is 56.1 Å². The predicted octanol–water partition coefficient (Wildman–Crippen LogP) is 8.86. The molecule has 2 heterocycles. The summed E-state index contributed by atoms with van der Waals surface area (Å²) in [7, 11) is 0. The Labute approximate surface area is 244 Å². The van der Waals surface area contributed by atoms with Crippen LogP contribution in [-0.2, 0) is 6.18 Å². The maximum atomic E-state index is 13.7. The summed E-state index contributed by atoms with van der Waals surface area (Å²) in [6.45, 7) is 0. The van der Waals surface area contributed by atoms with E-state index < -0.39 is 11.7 Å². The molecule has 0 saturated carbocycles. The molecule has 43 heavy (non-hydrogen) atoms. The highest BCUT2D eigenvalue weighted by Crippen LogP contribution is 2.39. The van der Waals surface area contributed by atoms with E-state index in [4.69, 9.17) is 15.0 Å². The van der Waals surface area contributed by atoms with Crippen molar-refractivity contribution in [2.45, 2.75) is 6.18 Å². The Hall–Kier alpha value is -5.81. The van der Waals surface area contributed by atoms with Crippen molar-refractivity contribution >= 4 is 21.8 Å². The van der Waals surface area contributed by atoms with E-state index in [0.717, 1.165) is 17.2 Å². The van der Waals surface area contributed by atoms with Crippen molar-refractivity contribution in [1.82, 2.24) is 19.5 Å². The molecule has 0 N–H and O–H groups in total. The first-order chi connectivity index (χ1) is 20.9. The lowest BCUT2D eigenvalue weighted by atomic mass is 10.1. The number of hydrogen-bond acceptors (Lipinski definition) is 4. The van der Waals surface area contributed by atoms with Crippen molar-refractivity contribution in [1.29, 1.82) is 5.26 Å². The van der Waals surface area contributed by atoms with Crippen molar-refractivity contribution in [3.63, 3.8) is 0 Å². The minimum Gasteiger partial charge on any atom is -0.308 e. The molecule has 0 fully saturated rings. The lowest BCUT2D eigenvalue weighted by Gasteiger charge is -2.15. The fourth-order valence-electron chi connectivity index (χ4n) is 5.31. The van der Waals surface area contributed by atoms with Crippen molar-refractivity contribution < 1.29 is 13.2 Å². The molecule has 0 aliphatic carbocycles. The molecule has 0 aliphatic rings. The third-order valence-corrected chi connectivity index (χ3v) is 7.31. The molecule has 0 spiro atoms. The van der Waals surface area contributed by atoms with Gasteiger partial charge in [0, 0.05) is 27.5 Å². The van der Waals surface area contributed by atoms with E-state index in [2.05, 4.69) is 6.07 Å². The van der Waals surface area contributed by atoms with Crippen LogP contribution in [-0.4, -0.2) is 19.5 Å². The molecule has 0 bridgehead atoms. The lowest BCUT2D eigenvalue weighted by molar-refractivity contribution is -0.137. The standard InChI is InChI=1S/C35H20F3N5/c36-35(37,38)25-16-18-30-28(20-25)26-13-7-8-14-29(26)43(30)31-19-22(21-39)15-17-27(31)34-41-32(23-9-3-1-4-10-23)40-33(42-34)24-11-5-2-6-12-24/h1-20H. The smallest absolute Gasteiger partial charge is 0.308 e. The van der Waals surface area contributed by atoms with Crippen LogP contribution in [0.4, 0.5) is 13.2 Å². The van der Waals surface area contributed by atoms with E-state index in [1.54, 1.807) is 30.3 Å². The van der Waals surface area contributed by atoms with E-state index in [1.165, 1.54) is 12.1 Å². The van der Waals surface area contributed by atoms with Crippen LogP contribution in [0.5, 0.6) is 0 Å². The first kappa shape index (κ1) is 26.1. The number of nitrogens with zero attached hydrogens (tertiary/aromatic N) is 5. The van der Waals surface area contributed by atoms with Gasteiger partial charge in [0.1, 0.15) is 0 Å². The second-order valence-electron chi connectivity index (χ2n) is 9.96. The SMILES string of the molecule is N#Cc1ccc(-c2nc(-c3ccccc3)nc(-c3ccccc3)n2)c(-n2c3ccccc3c3cc(C(F)(F)F)ccc32)c1. The number of halogens is 3. The van der Waals surface area contributed by atoms with Gasteiger partial charge in [-0.05, 0) is 42.5 Å². The molecule has 5 nitrogen and oxygen atoms in total. The molecule has 8 heteroatoms. The average Bonchev–Trinajstić information content (AvgIpc) is 3.38. The Kier molecular flexibility index (Phi) is 6.21. The Morgan fingerprint density at radius 3 is 1.79 bits per heavy atom. The minimum atomic E-state index is -4.49. The van der Waals surface area contributed by atoms with Gasteiger partial charge < -0.3 is 4.57 Å². The summed E-state index contributed by atoms with van der Waals surface area (Å²) in [5.74, 6) is 1.30. The van der Waals surface area contributed by atoms with Gasteiger partial charge in [0.05, 0.1) is 33.9 Å². The largest absolute Gasteiger partial charge is 0.416 e. The predicted molar refractivity (Wildman–Crippen MR) is 160 cm³/mol. The van der Waals surface area contributed by atoms with E-state index in [1.807, 2.05) is 77.4 Å². The third-order valence-electron chi connectivity index (χ3n) is 7.31. The van der Waals surface area contributed by atoms with E-state index in [9.17, 15) is 18.4 Å². The molecule has 206 valence electrons.